The zero-order valence-corrected chi connectivity index (χ0v) is 15.8. The molecule has 0 N–H and O–H groups in total. The van der Waals surface area contributed by atoms with Gasteiger partial charge in [0.25, 0.3) is 10.1 Å². The number of hydrogen-bond donors (Lipinski definition) is 0. The average Bonchev–Trinajstić information content (AvgIpc) is 3.15. The number of hydrogen-bond acceptors (Lipinski definition) is 6. The molecule has 0 amide bonds. The van der Waals surface area contributed by atoms with Gasteiger partial charge in [0.05, 0.1) is 25.5 Å². The van der Waals surface area contributed by atoms with Crippen molar-refractivity contribution in [1.82, 2.24) is 14.8 Å². The molecule has 3 rings (SSSR count). The Morgan fingerprint density at radius 2 is 2.24 bits per heavy atom. The molecule has 1 aromatic heterocycles. The molecule has 2 atom stereocenters. The number of halogens is 2. The molecule has 1 fully saturated rings. The lowest BCUT2D eigenvalue weighted by molar-refractivity contribution is -0.0708. The maximum absolute atomic E-state index is 11.2. The molecule has 0 saturated carbocycles. The number of ether oxygens (including phenoxy) is 1. The van der Waals surface area contributed by atoms with E-state index in [-0.39, 0.29) is 12.7 Å². The van der Waals surface area contributed by atoms with Crippen LogP contribution in [0.4, 0.5) is 0 Å². The standard InChI is InChI=1S/C15H17Cl2N3O4S/c1-25(21,22)23-7-12-4-5-15(24-12,8-20-10-18-9-19-20)13-3-2-11(16)6-14(13)17/h2-3,6,9-10,12H,4-5,7-8H2,1H3/t12-,15+/m1/s1. The van der Waals surface area contributed by atoms with Gasteiger partial charge in [0.1, 0.15) is 18.3 Å². The first-order valence-corrected chi connectivity index (χ1v) is 10.1. The molecule has 0 spiro atoms. The van der Waals surface area contributed by atoms with E-state index in [1.807, 2.05) is 6.07 Å². The Hall–Kier alpha value is -1.19. The van der Waals surface area contributed by atoms with Crippen molar-refractivity contribution in [2.75, 3.05) is 12.9 Å². The third kappa shape index (κ3) is 4.51. The third-order valence-corrected chi connectivity index (χ3v) is 5.15. The van der Waals surface area contributed by atoms with E-state index in [0.29, 0.717) is 29.4 Å². The third-order valence-electron chi connectivity index (χ3n) is 4.04. The number of aromatic nitrogens is 3. The number of benzene rings is 1. The predicted octanol–water partition coefficient (Wildman–Crippen LogP) is 2.64. The monoisotopic (exact) mass is 405 g/mol. The van der Waals surface area contributed by atoms with E-state index in [0.717, 1.165) is 11.8 Å². The van der Waals surface area contributed by atoms with Crippen molar-refractivity contribution in [2.24, 2.45) is 0 Å². The zero-order valence-electron chi connectivity index (χ0n) is 13.4. The summed E-state index contributed by atoms with van der Waals surface area (Å²) in [5.41, 5.74) is 0.0110. The fourth-order valence-corrected chi connectivity index (χ4v) is 3.96. The van der Waals surface area contributed by atoms with Crippen LogP contribution in [0.5, 0.6) is 0 Å². The van der Waals surface area contributed by atoms with Crippen molar-refractivity contribution in [1.29, 1.82) is 0 Å². The second-order valence-corrected chi connectivity index (χ2v) is 8.47. The number of rotatable bonds is 6. The summed E-state index contributed by atoms with van der Waals surface area (Å²) in [7, 11) is -3.53. The lowest BCUT2D eigenvalue weighted by atomic mass is 9.90. The first-order chi connectivity index (χ1) is 11.8. The fourth-order valence-electron chi connectivity index (χ4n) is 2.98. The topological polar surface area (TPSA) is 83.3 Å². The van der Waals surface area contributed by atoms with E-state index in [2.05, 4.69) is 10.1 Å². The van der Waals surface area contributed by atoms with Gasteiger partial charge in [-0.3, -0.25) is 4.18 Å². The fraction of sp³-hybridized carbons (Fsp3) is 0.467. The van der Waals surface area contributed by atoms with Gasteiger partial charge in [0.2, 0.25) is 0 Å². The van der Waals surface area contributed by atoms with Gasteiger partial charge in [0, 0.05) is 15.6 Å². The molecular weight excluding hydrogens is 389 g/mol. The van der Waals surface area contributed by atoms with E-state index < -0.39 is 15.7 Å². The van der Waals surface area contributed by atoms with Crippen molar-refractivity contribution >= 4 is 33.3 Å². The molecule has 1 aliphatic rings. The Morgan fingerprint density at radius 1 is 1.44 bits per heavy atom. The van der Waals surface area contributed by atoms with Crippen molar-refractivity contribution in [3.8, 4) is 0 Å². The van der Waals surface area contributed by atoms with Crippen LogP contribution < -0.4 is 0 Å². The van der Waals surface area contributed by atoms with Gasteiger partial charge in [-0.05, 0) is 25.0 Å². The van der Waals surface area contributed by atoms with E-state index in [1.54, 1.807) is 23.1 Å². The van der Waals surface area contributed by atoms with Crippen LogP contribution in [-0.2, 0) is 31.2 Å². The van der Waals surface area contributed by atoms with Crippen LogP contribution in [0.2, 0.25) is 10.0 Å². The van der Waals surface area contributed by atoms with Crippen LogP contribution in [0.3, 0.4) is 0 Å². The molecule has 1 aliphatic heterocycles. The van der Waals surface area contributed by atoms with E-state index in [4.69, 9.17) is 32.1 Å². The summed E-state index contributed by atoms with van der Waals surface area (Å²) in [4.78, 5) is 3.95. The minimum atomic E-state index is -3.53. The summed E-state index contributed by atoms with van der Waals surface area (Å²) in [6.07, 6.45) is 4.94. The molecule has 1 saturated heterocycles. The molecule has 2 heterocycles. The van der Waals surface area contributed by atoms with E-state index in [9.17, 15) is 8.42 Å². The van der Waals surface area contributed by atoms with Crippen molar-refractivity contribution < 1.29 is 17.3 Å². The number of nitrogens with zero attached hydrogens (tertiary/aromatic N) is 3. The highest BCUT2D eigenvalue weighted by Crippen LogP contribution is 2.44. The molecule has 0 radical (unpaired) electrons. The summed E-state index contributed by atoms with van der Waals surface area (Å²) in [5, 5.41) is 5.15. The molecule has 2 aromatic rings. The maximum atomic E-state index is 11.2. The Morgan fingerprint density at radius 3 is 2.88 bits per heavy atom. The lowest BCUT2D eigenvalue weighted by Crippen LogP contribution is -2.33. The van der Waals surface area contributed by atoms with E-state index in [1.165, 1.54) is 6.33 Å². The largest absolute Gasteiger partial charge is 0.363 e. The van der Waals surface area contributed by atoms with Crippen LogP contribution in [0, 0.1) is 0 Å². The first-order valence-electron chi connectivity index (χ1n) is 7.58. The summed E-state index contributed by atoms with van der Waals surface area (Å²) in [6, 6.07) is 5.22. The SMILES string of the molecule is CS(=O)(=O)OC[C@H]1CC[C@](Cn2cncn2)(c2ccc(Cl)cc2Cl)O1. The molecule has 10 heteroatoms. The maximum Gasteiger partial charge on any atom is 0.264 e. The normalized spacial score (nSPS) is 23.9. The van der Waals surface area contributed by atoms with Gasteiger partial charge in [-0.2, -0.15) is 13.5 Å². The Balaban J connectivity index is 1.88. The van der Waals surface area contributed by atoms with Crippen molar-refractivity contribution in [2.45, 2.75) is 31.1 Å². The molecule has 1 aromatic carbocycles. The summed E-state index contributed by atoms with van der Waals surface area (Å²) in [6.45, 7) is 0.354. The van der Waals surface area contributed by atoms with E-state index >= 15 is 0 Å². The quantitative estimate of drug-likeness (QED) is 0.686. The second kappa shape index (κ2) is 7.20. The van der Waals surface area contributed by atoms with Crippen LogP contribution in [-0.4, -0.2) is 42.1 Å². The van der Waals surface area contributed by atoms with Gasteiger partial charge in [-0.15, -0.1) is 0 Å². The van der Waals surface area contributed by atoms with Gasteiger partial charge < -0.3 is 4.74 Å². The summed E-state index contributed by atoms with van der Waals surface area (Å²) < 4.78 is 35.2. The second-order valence-electron chi connectivity index (χ2n) is 5.98. The van der Waals surface area contributed by atoms with Crippen LogP contribution in [0.1, 0.15) is 18.4 Å². The minimum absolute atomic E-state index is 0.0385. The van der Waals surface area contributed by atoms with Crippen LogP contribution in [0.15, 0.2) is 30.9 Å². The van der Waals surface area contributed by atoms with Gasteiger partial charge in [-0.25, -0.2) is 9.67 Å². The summed E-state index contributed by atoms with van der Waals surface area (Å²) >= 11 is 12.4. The Labute approximate surface area is 156 Å². The highest BCUT2D eigenvalue weighted by atomic mass is 35.5. The molecular formula is C15H17Cl2N3O4S. The smallest absolute Gasteiger partial charge is 0.264 e. The molecule has 25 heavy (non-hydrogen) atoms. The Kier molecular flexibility index (Phi) is 5.36. The van der Waals surface area contributed by atoms with Crippen molar-refractivity contribution in [3.63, 3.8) is 0 Å². The summed E-state index contributed by atoms with van der Waals surface area (Å²) in [5.74, 6) is 0. The minimum Gasteiger partial charge on any atom is -0.363 e. The highest BCUT2D eigenvalue weighted by molar-refractivity contribution is 7.85. The van der Waals surface area contributed by atoms with Crippen LogP contribution in [0.25, 0.3) is 0 Å². The average molecular weight is 406 g/mol. The molecule has 7 nitrogen and oxygen atoms in total. The highest BCUT2D eigenvalue weighted by Gasteiger charge is 2.44. The first kappa shape index (κ1) is 18.6. The predicted molar refractivity (Wildman–Crippen MR) is 93.1 cm³/mol. The van der Waals surface area contributed by atoms with Gasteiger partial charge in [-0.1, -0.05) is 29.3 Å². The zero-order chi connectivity index (χ0) is 18.1. The Bertz CT molecular complexity index is 844. The van der Waals surface area contributed by atoms with Gasteiger partial charge >= 0.3 is 0 Å². The molecule has 0 unspecified atom stereocenters. The van der Waals surface area contributed by atoms with Gasteiger partial charge in [0.15, 0.2) is 0 Å². The molecule has 136 valence electrons. The van der Waals surface area contributed by atoms with Crippen molar-refractivity contribution in [3.05, 3.63) is 46.5 Å². The molecule has 0 bridgehead atoms. The van der Waals surface area contributed by atoms with Crippen LogP contribution >= 0.6 is 23.2 Å². The molecule has 0 aliphatic carbocycles. The lowest BCUT2D eigenvalue weighted by Gasteiger charge is -2.31.